The first-order valence-corrected chi connectivity index (χ1v) is 11.0. The molecule has 3 rings (SSSR count). The van der Waals surface area contributed by atoms with E-state index in [0.29, 0.717) is 19.5 Å². The summed E-state index contributed by atoms with van der Waals surface area (Å²) in [6.45, 7) is 10.2. The smallest absolute Gasteiger partial charge is 0.240 e. The van der Waals surface area contributed by atoms with E-state index in [1.165, 1.54) is 6.92 Å². The quantitative estimate of drug-likeness (QED) is 0.815. The van der Waals surface area contributed by atoms with Gasteiger partial charge in [-0.05, 0) is 51.0 Å². The number of carbonyl (C=O) groups excluding carboxylic acids is 1. The zero-order chi connectivity index (χ0) is 19.8. The molecule has 150 valence electrons. The second-order valence-corrected chi connectivity index (χ2v) is 9.41. The first kappa shape index (κ1) is 20.3. The number of morpholine rings is 1. The minimum Gasteiger partial charge on any atom is -0.373 e. The van der Waals surface area contributed by atoms with Crippen molar-refractivity contribution in [3.63, 3.8) is 0 Å². The van der Waals surface area contributed by atoms with Gasteiger partial charge in [0.25, 0.3) is 0 Å². The molecule has 0 aliphatic carbocycles. The lowest BCUT2D eigenvalue weighted by Crippen LogP contribution is -2.47. The molecule has 7 nitrogen and oxygen atoms in total. The molecule has 1 N–H and O–H groups in total. The van der Waals surface area contributed by atoms with Crippen molar-refractivity contribution < 1.29 is 17.9 Å². The van der Waals surface area contributed by atoms with Gasteiger partial charge in [0, 0.05) is 44.8 Å². The van der Waals surface area contributed by atoms with Gasteiger partial charge in [0.15, 0.2) is 0 Å². The average molecular weight is 396 g/mol. The Kier molecular flexibility index (Phi) is 5.90. The number of nitrogens with one attached hydrogen (secondary N) is 1. The Morgan fingerprint density at radius 1 is 1.22 bits per heavy atom. The summed E-state index contributed by atoms with van der Waals surface area (Å²) in [7, 11) is -3.58. The first-order chi connectivity index (χ1) is 12.7. The van der Waals surface area contributed by atoms with Gasteiger partial charge in [0.1, 0.15) is 0 Å². The summed E-state index contributed by atoms with van der Waals surface area (Å²) in [6, 6.07) is 5.05. The normalized spacial score (nSPS) is 26.2. The molecule has 27 heavy (non-hydrogen) atoms. The molecule has 0 saturated carbocycles. The number of sulfonamides is 1. The van der Waals surface area contributed by atoms with E-state index in [-0.39, 0.29) is 29.1 Å². The molecule has 1 fully saturated rings. The van der Waals surface area contributed by atoms with Crippen LogP contribution in [-0.4, -0.2) is 63.7 Å². The van der Waals surface area contributed by atoms with E-state index in [2.05, 4.69) is 9.62 Å². The number of ether oxygens (including phenoxy) is 1. The number of nitrogens with zero attached hydrogens (tertiary/aromatic N) is 2. The van der Waals surface area contributed by atoms with E-state index in [1.54, 1.807) is 23.1 Å². The maximum Gasteiger partial charge on any atom is 0.240 e. The molecule has 0 aromatic heterocycles. The lowest BCUT2D eigenvalue weighted by molar-refractivity contribution is -0.116. The van der Waals surface area contributed by atoms with Gasteiger partial charge in [-0.2, -0.15) is 0 Å². The van der Waals surface area contributed by atoms with Gasteiger partial charge >= 0.3 is 0 Å². The van der Waals surface area contributed by atoms with Gasteiger partial charge in [-0.15, -0.1) is 0 Å². The van der Waals surface area contributed by atoms with Crippen LogP contribution in [0.2, 0.25) is 0 Å². The summed E-state index contributed by atoms with van der Waals surface area (Å²) in [4.78, 5) is 16.0. The van der Waals surface area contributed by atoms with Crippen molar-refractivity contribution >= 4 is 21.6 Å². The Morgan fingerprint density at radius 2 is 1.89 bits per heavy atom. The van der Waals surface area contributed by atoms with Crippen LogP contribution in [0, 0.1) is 0 Å². The van der Waals surface area contributed by atoms with Gasteiger partial charge in [-0.1, -0.05) is 0 Å². The van der Waals surface area contributed by atoms with Gasteiger partial charge < -0.3 is 9.64 Å². The van der Waals surface area contributed by atoms with Crippen LogP contribution in [-0.2, 0) is 26.0 Å². The fraction of sp³-hybridized carbons (Fsp3) is 0.632. The van der Waals surface area contributed by atoms with Gasteiger partial charge in [-0.3, -0.25) is 9.69 Å². The van der Waals surface area contributed by atoms with Crippen molar-refractivity contribution in [1.29, 1.82) is 0 Å². The predicted molar refractivity (Wildman–Crippen MR) is 104 cm³/mol. The number of carbonyl (C=O) groups is 1. The molecule has 1 aromatic carbocycles. The minimum absolute atomic E-state index is 0.0241. The Hall–Kier alpha value is -1.48. The molecule has 2 aliphatic rings. The standard InChI is InChI=1S/C19H29N3O4S/c1-13-9-17-10-18(5-6-19(17)22(13)16(4)23)27(24,25)20-7-8-21-11-14(2)26-15(3)12-21/h5-6,10,13-15,20H,7-9,11-12H2,1-4H3. The second kappa shape index (κ2) is 7.87. The van der Waals surface area contributed by atoms with Crippen molar-refractivity contribution in [3.8, 4) is 0 Å². The third-order valence-electron chi connectivity index (χ3n) is 5.13. The number of hydrogen-bond acceptors (Lipinski definition) is 5. The second-order valence-electron chi connectivity index (χ2n) is 7.65. The molecule has 0 spiro atoms. The molecule has 8 heteroatoms. The molecule has 2 aliphatic heterocycles. The van der Waals surface area contributed by atoms with Crippen LogP contribution in [0.3, 0.4) is 0 Å². The van der Waals surface area contributed by atoms with Crippen LogP contribution in [0.1, 0.15) is 33.3 Å². The van der Waals surface area contributed by atoms with Crippen molar-refractivity contribution in [3.05, 3.63) is 23.8 Å². The van der Waals surface area contributed by atoms with Crippen molar-refractivity contribution in [2.24, 2.45) is 0 Å². The number of hydrogen-bond donors (Lipinski definition) is 1. The number of benzene rings is 1. The highest BCUT2D eigenvalue weighted by atomic mass is 32.2. The molecule has 3 atom stereocenters. The van der Waals surface area contributed by atoms with Crippen LogP contribution in [0.4, 0.5) is 5.69 Å². The summed E-state index contributed by atoms with van der Waals surface area (Å²) in [5.74, 6) is -0.0241. The lowest BCUT2D eigenvalue weighted by atomic mass is 10.1. The van der Waals surface area contributed by atoms with Crippen LogP contribution in [0.15, 0.2) is 23.1 Å². The average Bonchev–Trinajstić information content (AvgIpc) is 2.88. The SMILES string of the molecule is CC(=O)N1c2ccc(S(=O)(=O)NCCN3CC(C)OC(C)C3)cc2CC1C. The van der Waals surface area contributed by atoms with Crippen LogP contribution >= 0.6 is 0 Å². The maximum absolute atomic E-state index is 12.7. The van der Waals surface area contributed by atoms with E-state index in [4.69, 9.17) is 4.74 Å². The van der Waals surface area contributed by atoms with Crippen LogP contribution in [0.5, 0.6) is 0 Å². The van der Waals surface area contributed by atoms with Crippen molar-refractivity contribution in [1.82, 2.24) is 9.62 Å². The van der Waals surface area contributed by atoms with E-state index in [0.717, 1.165) is 24.3 Å². The van der Waals surface area contributed by atoms with E-state index in [1.807, 2.05) is 20.8 Å². The van der Waals surface area contributed by atoms with Crippen LogP contribution < -0.4 is 9.62 Å². The molecule has 1 saturated heterocycles. The van der Waals surface area contributed by atoms with Gasteiger partial charge in [0.2, 0.25) is 15.9 Å². The highest BCUT2D eigenvalue weighted by Gasteiger charge is 2.30. The molecule has 3 unspecified atom stereocenters. The molecular formula is C19H29N3O4S. The summed E-state index contributed by atoms with van der Waals surface area (Å²) >= 11 is 0. The summed E-state index contributed by atoms with van der Waals surface area (Å²) in [6.07, 6.45) is 0.989. The van der Waals surface area contributed by atoms with Crippen molar-refractivity contribution in [2.45, 2.75) is 57.3 Å². The number of anilines is 1. The molecule has 0 bridgehead atoms. The fourth-order valence-electron chi connectivity index (χ4n) is 4.14. The summed E-state index contributed by atoms with van der Waals surface area (Å²) in [5, 5.41) is 0. The highest BCUT2D eigenvalue weighted by Crippen LogP contribution is 2.33. The number of rotatable bonds is 5. The van der Waals surface area contributed by atoms with E-state index in [9.17, 15) is 13.2 Å². The van der Waals surface area contributed by atoms with E-state index >= 15 is 0 Å². The Bertz CT molecular complexity index is 801. The molecule has 1 aromatic rings. The first-order valence-electron chi connectivity index (χ1n) is 9.47. The topological polar surface area (TPSA) is 79.0 Å². The zero-order valence-electron chi connectivity index (χ0n) is 16.4. The molecular weight excluding hydrogens is 366 g/mol. The third-order valence-corrected chi connectivity index (χ3v) is 6.59. The van der Waals surface area contributed by atoms with Crippen molar-refractivity contribution in [2.75, 3.05) is 31.1 Å². The molecule has 2 heterocycles. The number of fused-ring (bicyclic) bond motifs is 1. The molecule has 1 amide bonds. The highest BCUT2D eigenvalue weighted by molar-refractivity contribution is 7.89. The largest absolute Gasteiger partial charge is 0.373 e. The third kappa shape index (κ3) is 4.51. The zero-order valence-corrected chi connectivity index (χ0v) is 17.3. The van der Waals surface area contributed by atoms with Gasteiger partial charge in [0.05, 0.1) is 17.1 Å². The van der Waals surface area contributed by atoms with Crippen LogP contribution in [0.25, 0.3) is 0 Å². The monoisotopic (exact) mass is 395 g/mol. The maximum atomic E-state index is 12.7. The summed E-state index contributed by atoms with van der Waals surface area (Å²) < 4.78 is 33.7. The molecule has 0 radical (unpaired) electrons. The van der Waals surface area contributed by atoms with Gasteiger partial charge in [-0.25, -0.2) is 13.1 Å². The number of amides is 1. The Morgan fingerprint density at radius 3 is 2.52 bits per heavy atom. The lowest BCUT2D eigenvalue weighted by Gasteiger charge is -2.35. The Balaban J connectivity index is 1.64. The van der Waals surface area contributed by atoms with E-state index < -0.39 is 10.0 Å². The predicted octanol–water partition coefficient (Wildman–Crippen LogP) is 1.37. The Labute approximate surface area is 161 Å². The minimum atomic E-state index is -3.58. The fourth-order valence-corrected chi connectivity index (χ4v) is 5.21. The summed E-state index contributed by atoms with van der Waals surface area (Å²) in [5.41, 5.74) is 1.71.